The minimum absolute atomic E-state index is 0.354. The lowest BCUT2D eigenvalue weighted by Gasteiger charge is -2.21. The van der Waals surface area contributed by atoms with Crippen LogP contribution in [0.4, 0.5) is 5.69 Å². The third kappa shape index (κ3) is 5.71. The molecule has 0 fully saturated rings. The molecule has 0 spiro atoms. The largest absolute Gasteiger partial charge is 0.423 e. The second-order valence-electron chi connectivity index (χ2n) is 5.64. The first kappa shape index (κ1) is 19.1. The molecule has 0 aliphatic carbocycles. The van der Waals surface area contributed by atoms with E-state index in [1.165, 1.54) is 6.07 Å². The molecule has 0 aliphatic rings. The quantitative estimate of drug-likeness (QED) is 0.301. The molecule has 1 N–H and O–H groups in total. The van der Waals surface area contributed by atoms with E-state index in [9.17, 15) is 4.79 Å². The van der Waals surface area contributed by atoms with Crippen molar-refractivity contribution in [3.05, 3.63) is 61.1 Å². The topological polar surface area (TPSA) is 143 Å². The number of anilines is 1. The highest BCUT2D eigenvalue weighted by atomic mass is 16.4. The maximum Gasteiger partial charge on any atom is 0.336 e. The SMILES string of the molecule is Cc1cc(=O)oc2cc(NCCN(CCN=[N+]=[N-])CCN=[N+]=[N-])ccc12. The summed E-state index contributed by atoms with van der Waals surface area (Å²) in [6.07, 6.45) is 0. The number of benzene rings is 1. The van der Waals surface area contributed by atoms with Crippen LogP contribution in [0.2, 0.25) is 0 Å². The molecule has 0 aliphatic heterocycles. The fourth-order valence-corrected chi connectivity index (χ4v) is 2.59. The molecule has 0 atom stereocenters. The van der Waals surface area contributed by atoms with Gasteiger partial charge in [0, 0.05) is 72.3 Å². The Morgan fingerprint density at radius 1 is 1.12 bits per heavy atom. The summed E-state index contributed by atoms with van der Waals surface area (Å²) in [5.41, 5.74) is 18.6. The predicted molar refractivity (Wildman–Crippen MR) is 100 cm³/mol. The summed E-state index contributed by atoms with van der Waals surface area (Å²) in [6, 6.07) is 7.12. The van der Waals surface area contributed by atoms with Crippen LogP contribution >= 0.6 is 0 Å². The fraction of sp³-hybridized carbons (Fsp3) is 0.438. The van der Waals surface area contributed by atoms with E-state index in [2.05, 4.69) is 25.4 Å². The summed E-state index contributed by atoms with van der Waals surface area (Å²) in [5.74, 6) is 0. The van der Waals surface area contributed by atoms with Crippen LogP contribution in [0.3, 0.4) is 0 Å². The van der Waals surface area contributed by atoms with Crippen LogP contribution in [0.15, 0.2) is 43.7 Å². The number of hydrogen-bond donors (Lipinski definition) is 1. The van der Waals surface area contributed by atoms with Crippen LogP contribution in [0, 0.1) is 6.92 Å². The van der Waals surface area contributed by atoms with Gasteiger partial charge in [0.25, 0.3) is 0 Å². The highest BCUT2D eigenvalue weighted by Gasteiger charge is 2.05. The van der Waals surface area contributed by atoms with Crippen LogP contribution in [0.25, 0.3) is 31.9 Å². The summed E-state index contributed by atoms with van der Waals surface area (Å²) in [7, 11) is 0. The van der Waals surface area contributed by atoms with Gasteiger partial charge in [-0.25, -0.2) is 4.79 Å². The summed E-state index contributed by atoms with van der Waals surface area (Å²) >= 11 is 0. The Bertz CT molecular complexity index is 875. The Morgan fingerprint density at radius 2 is 1.81 bits per heavy atom. The van der Waals surface area contributed by atoms with Gasteiger partial charge in [-0.05, 0) is 35.7 Å². The lowest BCUT2D eigenvalue weighted by Crippen LogP contribution is -2.33. The normalized spacial score (nSPS) is 10.4. The molecule has 26 heavy (non-hydrogen) atoms. The van der Waals surface area contributed by atoms with Crippen LogP contribution in [-0.2, 0) is 0 Å². The van der Waals surface area contributed by atoms with E-state index in [1.807, 2.05) is 24.0 Å². The fourth-order valence-electron chi connectivity index (χ4n) is 2.59. The van der Waals surface area contributed by atoms with Gasteiger partial charge >= 0.3 is 5.63 Å². The van der Waals surface area contributed by atoms with Crippen molar-refractivity contribution in [2.75, 3.05) is 44.6 Å². The molecule has 0 unspecified atom stereocenters. The smallest absolute Gasteiger partial charge is 0.336 e. The van der Waals surface area contributed by atoms with E-state index in [1.54, 1.807) is 6.07 Å². The number of nitrogens with one attached hydrogen (secondary N) is 1. The Hall–Kier alpha value is -3.19. The molecule has 1 aromatic carbocycles. The van der Waals surface area contributed by atoms with Gasteiger partial charge in [-0.15, -0.1) is 0 Å². The molecule has 10 heteroatoms. The maximum absolute atomic E-state index is 11.5. The van der Waals surface area contributed by atoms with Crippen molar-refractivity contribution in [3.8, 4) is 0 Å². The van der Waals surface area contributed by atoms with Gasteiger partial charge in [-0.3, -0.25) is 0 Å². The first-order valence-corrected chi connectivity index (χ1v) is 8.16. The number of nitrogens with zero attached hydrogens (tertiary/aromatic N) is 7. The Balaban J connectivity index is 1.96. The zero-order valence-corrected chi connectivity index (χ0v) is 14.5. The second kappa shape index (κ2) is 9.95. The number of azide groups is 2. The summed E-state index contributed by atoms with van der Waals surface area (Å²) in [4.78, 5) is 19.0. The van der Waals surface area contributed by atoms with E-state index in [4.69, 9.17) is 15.5 Å². The Kier molecular flexibility index (Phi) is 7.32. The summed E-state index contributed by atoms with van der Waals surface area (Å²) < 4.78 is 5.24. The van der Waals surface area contributed by atoms with Crippen molar-refractivity contribution in [3.63, 3.8) is 0 Å². The maximum atomic E-state index is 11.5. The zero-order valence-electron chi connectivity index (χ0n) is 14.5. The lowest BCUT2D eigenvalue weighted by molar-refractivity contribution is 0.300. The van der Waals surface area contributed by atoms with E-state index in [-0.39, 0.29) is 5.63 Å². The average Bonchev–Trinajstić information content (AvgIpc) is 2.61. The van der Waals surface area contributed by atoms with Gasteiger partial charge in [-0.1, -0.05) is 10.2 Å². The highest BCUT2D eigenvalue weighted by molar-refractivity contribution is 5.83. The van der Waals surface area contributed by atoms with Crippen molar-refractivity contribution in [2.45, 2.75) is 6.92 Å². The minimum atomic E-state index is -0.366. The summed E-state index contributed by atoms with van der Waals surface area (Å²) in [6.45, 7) is 5.06. The van der Waals surface area contributed by atoms with Gasteiger partial charge < -0.3 is 14.6 Å². The summed E-state index contributed by atoms with van der Waals surface area (Å²) in [5, 5.41) is 11.2. The van der Waals surface area contributed by atoms with E-state index in [0.29, 0.717) is 44.9 Å². The monoisotopic (exact) mass is 356 g/mol. The molecule has 0 saturated carbocycles. The van der Waals surface area contributed by atoms with Gasteiger partial charge in [0.2, 0.25) is 0 Å². The molecule has 1 aromatic heterocycles. The first-order chi connectivity index (χ1) is 12.6. The van der Waals surface area contributed by atoms with Gasteiger partial charge in [0.1, 0.15) is 5.58 Å². The second-order valence-corrected chi connectivity index (χ2v) is 5.64. The van der Waals surface area contributed by atoms with Crippen LogP contribution < -0.4 is 10.9 Å². The molecule has 10 nitrogen and oxygen atoms in total. The highest BCUT2D eigenvalue weighted by Crippen LogP contribution is 2.20. The molecule has 2 aromatic rings. The first-order valence-electron chi connectivity index (χ1n) is 8.16. The molecule has 136 valence electrons. The number of aryl methyl sites for hydroxylation is 1. The molecule has 0 bridgehead atoms. The molecular formula is C16H20N8O2. The van der Waals surface area contributed by atoms with Crippen LogP contribution in [0.5, 0.6) is 0 Å². The molecule has 0 amide bonds. The third-order valence-corrected chi connectivity index (χ3v) is 3.87. The van der Waals surface area contributed by atoms with Crippen molar-refractivity contribution in [1.82, 2.24) is 4.90 Å². The Morgan fingerprint density at radius 3 is 2.46 bits per heavy atom. The third-order valence-electron chi connectivity index (χ3n) is 3.87. The minimum Gasteiger partial charge on any atom is -0.423 e. The van der Waals surface area contributed by atoms with E-state index >= 15 is 0 Å². The van der Waals surface area contributed by atoms with Gasteiger partial charge in [-0.2, -0.15) is 0 Å². The number of hydrogen-bond acceptors (Lipinski definition) is 6. The predicted octanol–water partition coefficient (Wildman–Crippen LogP) is 3.44. The Labute approximate surface area is 149 Å². The zero-order chi connectivity index (χ0) is 18.8. The average molecular weight is 356 g/mol. The van der Waals surface area contributed by atoms with Crippen molar-refractivity contribution in [2.24, 2.45) is 10.2 Å². The van der Waals surface area contributed by atoms with Gasteiger partial charge in [0.05, 0.1) is 0 Å². The van der Waals surface area contributed by atoms with Crippen LogP contribution in [0.1, 0.15) is 5.56 Å². The molecule has 2 rings (SSSR count). The van der Waals surface area contributed by atoms with Crippen molar-refractivity contribution in [1.29, 1.82) is 0 Å². The van der Waals surface area contributed by atoms with Gasteiger partial charge in [0.15, 0.2) is 0 Å². The molecular weight excluding hydrogens is 336 g/mol. The number of rotatable bonds is 10. The van der Waals surface area contributed by atoms with E-state index in [0.717, 1.165) is 16.6 Å². The van der Waals surface area contributed by atoms with Crippen molar-refractivity contribution < 1.29 is 4.42 Å². The molecule has 0 saturated heterocycles. The van der Waals surface area contributed by atoms with E-state index < -0.39 is 0 Å². The number of fused-ring (bicyclic) bond motifs is 1. The standard InChI is InChI=1S/C16H20N8O2/c1-12-10-16(25)26-15-11-13(2-3-14(12)15)19-4-7-24(8-5-20-22-17)9-6-21-23-18/h2-3,10-11,19H,4-9H2,1H3. The molecule has 1 heterocycles. The molecule has 0 radical (unpaired) electrons. The van der Waals surface area contributed by atoms with Crippen LogP contribution in [-0.4, -0.2) is 44.2 Å². The van der Waals surface area contributed by atoms with Crippen molar-refractivity contribution >= 4 is 16.7 Å². The lowest BCUT2D eigenvalue weighted by atomic mass is 10.1.